The largest absolute Gasteiger partial charge is 0.484 e. The number of ether oxygens (including phenoxy) is 1. The van der Waals surface area contributed by atoms with Gasteiger partial charge in [0.2, 0.25) is 0 Å². The van der Waals surface area contributed by atoms with Crippen molar-refractivity contribution in [3.8, 4) is 5.75 Å². The molecule has 6 nitrogen and oxygen atoms in total. The van der Waals surface area contributed by atoms with Gasteiger partial charge in [-0.05, 0) is 32.8 Å². The number of benzene rings is 1. The summed E-state index contributed by atoms with van der Waals surface area (Å²) in [5, 5.41) is 11.0. The van der Waals surface area contributed by atoms with Gasteiger partial charge in [0.25, 0.3) is 0 Å². The number of hydrogen-bond donors (Lipinski definition) is 1. The highest BCUT2D eigenvalue weighted by Gasteiger charge is 2.21. The van der Waals surface area contributed by atoms with Crippen LogP contribution in [-0.2, 0) is 0 Å². The Morgan fingerprint density at radius 2 is 2.25 bits per heavy atom. The van der Waals surface area contributed by atoms with E-state index in [0.29, 0.717) is 5.75 Å². The highest BCUT2D eigenvalue weighted by molar-refractivity contribution is 5.59. The predicted octanol–water partition coefficient (Wildman–Crippen LogP) is 2.31. The van der Waals surface area contributed by atoms with Crippen molar-refractivity contribution in [2.75, 3.05) is 18.0 Å². The van der Waals surface area contributed by atoms with E-state index in [2.05, 4.69) is 4.90 Å². The average molecular weight is 279 g/mol. The second-order valence-corrected chi connectivity index (χ2v) is 5.42. The van der Waals surface area contributed by atoms with Crippen LogP contribution in [0.15, 0.2) is 18.2 Å². The molecule has 0 bridgehead atoms. The number of anilines is 1. The summed E-state index contributed by atoms with van der Waals surface area (Å²) in [6.45, 7) is 5.41. The average Bonchev–Trinajstić information content (AvgIpc) is 2.37. The van der Waals surface area contributed by atoms with Crippen LogP contribution in [0.5, 0.6) is 5.75 Å². The lowest BCUT2D eigenvalue weighted by atomic mass is 10.1. The van der Waals surface area contributed by atoms with E-state index in [9.17, 15) is 10.1 Å². The summed E-state index contributed by atoms with van der Waals surface area (Å²) in [4.78, 5) is 12.8. The summed E-state index contributed by atoms with van der Waals surface area (Å²) in [6.07, 6.45) is 1.96. The maximum atomic E-state index is 11.0. The third-order valence-electron chi connectivity index (χ3n) is 3.33. The SMILES string of the molecule is CC(C)Oc1cc(N2CCC[C@@H](N)C2)ccc1[N+](=O)[O-]. The van der Waals surface area contributed by atoms with Crippen LogP contribution in [0.25, 0.3) is 0 Å². The first-order valence-electron chi connectivity index (χ1n) is 6.93. The van der Waals surface area contributed by atoms with Crippen LogP contribution >= 0.6 is 0 Å². The zero-order valence-corrected chi connectivity index (χ0v) is 11.9. The first kappa shape index (κ1) is 14.6. The fraction of sp³-hybridized carbons (Fsp3) is 0.571. The number of hydrogen-bond acceptors (Lipinski definition) is 5. The molecular weight excluding hydrogens is 258 g/mol. The zero-order valence-electron chi connectivity index (χ0n) is 11.9. The molecule has 0 spiro atoms. The molecule has 110 valence electrons. The Bertz CT molecular complexity index is 491. The van der Waals surface area contributed by atoms with E-state index >= 15 is 0 Å². The van der Waals surface area contributed by atoms with Crippen LogP contribution in [0.4, 0.5) is 11.4 Å². The van der Waals surface area contributed by atoms with Crippen molar-refractivity contribution in [1.82, 2.24) is 0 Å². The Morgan fingerprint density at radius 3 is 2.85 bits per heavy atom. The lowest BCUT2D eigenvalue weighted by Gasteiger charge is -2.32. The molecule has 1 aromatic carbocycles. The molecule has 6 heteroatoms. The topological polar surface area (TPSA) is 81.6 Å². The molecule has 0 saturated carbocycles. The highest BCUT2D eigenvalue weighted by atomic mass is 16.6. The van der Waals surface area contributed by atoms with Crippen molar-refractivity contribution in [3.05, 3.63) is 28.3 Å². The van der Waals surface area contributed by atoms with Gasteiger partial charge in [-0.2, -0.15) is 0 Å². The molecule has 0 aromatic heterocycles. The number of nitro benzene ring substituents is 1. The monoisotopic (exact) mass is 279 g/mol. The zero-order chi connectivity index (χ0) is 14.7. The molecule has 1 aliphatic rings. The molecule has 0 unspecified atom stereocenters. The van der Waals surface area contributed by atoms with E-state index in [1.807, 2.05) is 13.8 Å². The molecule has 1 heterocycles. The van der Waals surface area contributed by atoms with Crippen molar-refractivity contribution < 1.29 is 9.66 Å². The standard InChI is InChI=1S/C14H21N3O3/c1-10(2)20-14-8-12(5-6-13(14)17(18)19)16-7-3-4-11(15)9-16/h5-6,8,10-11H,3-4,7,9,15H2,1-2H3/t11-/m1/s1. The lowest BCUT2D eigenvalue weighted by molar-refractivity contribution is -0.386. The molecule has 1 aliphatic heterocycles. The van der Waals surface area contributed by atoms with Crippen molar-refractivity contribution in [2.24, 2.45) is 5.73 Å². The summed E-state index contributed by atoms with van der Waals surface area (Å²) in [5.74, 6) is 0.321. The molecule has 1 atom stereocenters. The van der Waals surface area contributed by atoms with Gasteiger partial charge in [-0.25, -0.2) is 0 Å². The van der Waals surface area contributed by atoms with E-state index in [1.165, 1.54) is 6.07 Å². The van der Waals surface area contributed by atoms with E-state index in [0.717, 1.165) is 31.6 Å². The first-order valence-corrected chi connectivity index (χ1v) is 6.93. The summed E-state index contributed by atoms with van der Waals surface area (Å²) in [7, 11) is 0. The number of nitrogens with zero attached hydrogens (tertiary/aromatic N) is 2. The van der Waals surface area contributed by atoms with Gasteiger partial charge in [-0.1, -0.05) is 0 Å². The third kappa shape index (κ3) is 3.39. The van der Waals surface area contributed by atoms with Crippen LogP contribution in [-0.4, -0.2) is 30.2 Å². The minimum Gasteiger partial charge on any atom is -0.484 e. The summed E-state index contributed by atoms with van der Waals surface area (Å²) in [6, 6.07) is 5.18. The Balaban J connectivity index is 2.28. The van der Waals surface area contributed by atoms with Crippen LogP contribution in [0.3, 0.4) is 0 Å². The predicted molar refractivity (Wildman–Crippen MR) is 78.3 cm³/mol. The Kier molecular flexibility index (Phi) is 4.44. The summed E-state index contributed by atoms with van der Waals surface area (Å²) in [5.41, 5.74) is 6.91. The van der Waals surface area contributed by atoms with Crippen molar-refractivity contribution in [3.63, 3.8) is 0 Å². The number of rotatable bonds is 4. The van der Waals surface area contributed by atoms with E-state index in [1.54, 1.807) is 12.1 Å². The molecule has 1 fully saturated rings. The van der Waals surface area contributed by atoms with Gasteiger partial charge in [-0.3, -0.25) is 10.1 Å². The van der Waals surface area contributed by atoms with Crippen LogP contribution in [0, 0.1) is 10.1 Å². The van der Waals surface area contributed by atoms with Crippen LogP contribution in [0.2, 0.25) is 0 Å². The number of nitrogens with two attached hydrogens (primary N) is 1. The van der Waals surface area contributed by atoms with Crippen molar-refractivity contribution in [1.29, 1.82) is 0 Å². The van der Waals surface area contributed by atoms with E-state index < -0.39 is 4.92 Å². The van der Waals surface area contributed by atoms with Crippen molar-refractivity contribution in [2.45, 2.75) is 38.8 Å². The maximum Gasteiger partial charge on any atom is 0.311 e. The maximum absolute atomic E-state index is 11.0. The van der Waals surface area contributed by atoms with Gasteiger partial charge in [-0.15, -0.1) is 0 Å². The van der Waals surface area contributed by atoms with E-state index in [4.69, 9.17) is 10.5 Å². The Morgan fingerprint density at radius 1 is 1.50 bits per heavy atom. The Labute approximate surface area is 118 Å². The highest BCUT2D eigenvalue weighted by Crippen LogP contribution is 2.33. The van der Waals surface area contributed by atoms with E-state index in [-0.39, 0.29) is 17.8 Å². The Hall–Kier alpha value is -1.82. The molecule has 2 N–H and O–H groups in total. The first-order chi connectivity index (χ1) is 9.47. The molecule has 0 aliphatic carbocycles. The molecule has 1 saturated heterocycles. The number of nitro groups is 1. The minimum atomic E-state index is -0.413. The molecule has 0 radical (unpaired) electrons. The molecule has 1 aromatic rings. The van der Waals surface area contributed by atoms with Crippen LogP contribution < -0.4 is 15.4 Å². The van der Waals surface area contributed by atoms with Gasteiger partial charge in [0, 0.05) is 37.0 Å². The minimum absolute atomic E-state index is 0.00348. The molecule has 20 heavy (non-hydrogen) atoms. The fourth-order valence-corrected chi connectivity index (χ4v) is 2.44. The van der Waals surface area contributed by atoms with Crippen molar-refractivity contribution >= 4 is 11.4 Å². The molecular formula is C14H21N3O3. The molecule has 2 rings (SSSR count). The third-order valence-corrected chi connectivity index (χ3v) is 3.33. The summed E-state index contributed by atoms with van der Waals surface area (Å²) < 4.78 is 5.57. The number of piperidine rings is 1. The van der Waals surface area contributed by atoms with Gasteiger partial charge in [0.05, 0.1) is 11.0 Å². The fourth-order valence-electron chi connectivity index (χ4n) is 2.44. The smallest absolute Gasteiger partial charge is 0.311 e. The van der Waals surface area contributed by atoms with Gasteiger partial charge < -0.3 is 15.4 Å². The second-order valence-electron chi connectivity index (χ2n) is 5.42. The van der Waals surface area contributed by atoms with Crippen LogP contribution in [0.1, 0.15) is 26.7 Å². The lowest BCUT2D eigenvalue weighted by Crippen LogP contribution is -2.42. The quantitative estimate of drug-likeness (QED) is 0.675. The van der Waals surface area contributed by atoms with Gasteiger partial charge >= 0.3 is 5.69 Å². The van der Waals surface area contributed by atoms with Gasteiger partial charge in [0.1, 0.15) is 0 Å². The molecule has 0 amide bonds. The second kappa shape index (κ2) is 6.09. The summed E-state index contributed by atoms with van der Waals surface area (Å²) >= 11 is 0. The normalized spacial score (nSPS) is 19.2. The van der Waals surface area contributed by atoms with Gasteiger partial charge in [0.15, 0.2) is 5.75 Å².